The van der Waals surface area contributed by atoms with Crippen molar-refractivity contribution in [1.82, 2.24) is 9.55 Å². The van der Waals surface area contributed by atoms with Gasteiger partial charge >= 0.3 is 0 Å². The van der Waals surface area contributed by atoms with Crippen LogP contribution in [0.4, 0.5) is 8.78 Å². The van der Waals surface area contributed by atoms with Crippen molar-refractivity contribution >= 4 is 22.6 Å². The van der Waals surface area contributed by atoms with Gasteiger partial charge in [0.05, 0.1) is 17.1 Å². The fraction of sp³-hybridized carbons (Fsp3) is 0.188. The van der Waals surface area contributed by atoms with Crippen LogP contribution in [0.2, 0.25) is 0 Å². The maximum atomic E-state index is 13.9. The van der Waals surface area contributed by atoms with E-state index >= 15 is 0 Å². The number of halogens is 3. The number of fused-ring (bicyclic) bond motifs is 1. The second-order valence-corrected chi connectivity index (χ2v) is 5.00. The van der Waals surface area contributed by atoms with E-state index in [1.807, 2.05) is 31.2 Å². The van der Waals surface area contributed by atoms with Crippen LogP contribution >= 0.6 is 11.6 Å². The van der Waals surface area contributed by atoms with E-state index in [1.165, 1.54) is 6.07 Å². The third kappa shape index (κ3) is 2.29. The van der Waals surface area contributed by atoms with Crippen molar-refractivity contribution in [2.24, 2.45) is 0 Å². The molecule has 0 aliphatic heterocycles. The normalized spacial score (nSPS) is 11.2. The van der Waals surface area contributed by atoms with Crippen molar-refractivity contribution in [3.63, 3.8) is 0 Å². The number of alkyl halides is 1. The first kappa shape index (κ1) is 14.0. The smallest absolute Gasteiger partial charge is 0.153 e. The summed E-state index contributed by atoms with van der Waals surface area (Å²) in [5, 5.41) is 0. The summed E-state index contributed by atoms with van der Waals surface area (Å²) in [6.07, 6.45) is 0.801. The highest BCUT2D eigenvalue weighted by Crippen LogP contribution is 2.27. The predicted octanol–water partition coefficient (Wildman–Crippen LogP) is 4.60. The molecule has 3 rings (SSSR count). The maximum absolute atomic E-state index is 13.9. The van der Waals surface area contributed by atoms with Gasteiger partial charge in [0, 0.05) is 12.1 Å². The number of rotatable bonds is 3. The van der Waals surface area contributed by atoms with E-state index in [-0.39, 0.29) is 11.4 Å². The summed E-state index contributed by atoms with van der Waals surface area (Å²) < 4.78 is 29.2. The maximum Gasteiger partial charge on any atom is 0.153 e. The third-order valence-corrected chi connectivity index (χ3v) is 3.72. The van der Waals surface area contributed by atoms with Crippen molar-refractivity contribution in [3.05, 3.63) is 59.4 Å². The Balaban J connectivity index is 2.40. The van der Waals surface area contributed by atoms with Crippen molar-refractivity contribution in [3.8, 4) is 5.69 Å². The molecule has 1 heterocycles. The first-order valence-electron chi connectivity index (χ1n) is 6.66. The van der Waals surface area contributed by atoms with Crippen LogP contribution in [0.25, 0.3) is 16.7 Å². The molecule has 0 bridgehead atoms. The Hall–Kier alpha value is -1.94. The second-order valence-electron chi connectivity index (χ2n) is 4.73. The minimum Gasteiger partial charge on any atom is -0.295 e. The Kier molecular flexibility index (Phi) is 3.64. The zero-order valence-corrected chi connectivity index (χ0v) is 12.2. The molecule has 2 nitrogen and oxygen atoms in total. The van der Waals surface area contributed by atoms with Crippen LogP contribution in [0.5, 0.6) is 0 Å². The highest BCUT2D eigenvalue weighted by atomic mass is 35.5. The zero-order chi connectivity index (χ0) is 15.0. The Labute approximate surface area is 126 Å². The van der Waals surface area contributed by atoms with Crippen molar-refractivity contribution in [2.75, 3.05) is 0 Å². The molecule has 0 saturated heterocycles. The van der Waals surface area contributed by atoms with Crippen LogP contribution in [0, 0.1) is 11.6 Å². The van der Waals surface area contributed by atoms with Gasteiger partial charge in [-0.15, -0.1) is 11.6 Å². The summed E-state index contributed by atoms with van der Waals surface area (Å²) in [6.45, 7) is 2.03. The van der Waals surface area contributed by atoms with E-state index in [4.69, 9.17) is 11.6 Å². The minimum absolute atomic E-state index is 0.119. The number of hydrogen-bond acceptors (Lipinski definition) is 1. The SMILES string of the molecule is CCc1ccccc1-n1c(CCl)nc2c(F)cc(F)cc21. The fourth-order valence-corrected chi connectivity index (χ4v) is 2.72. The summed E-state index contributed by atoms with van der Waals surface area (Å²) in [5.74, 6) is -0.689. The molecule has 0 atom stereocenters. The summed E-state index contributed by atoms with van der Waals surface area (Å²) in [6, 6.07) is 9.82. The monoisotopic (exact) mass is 306 g/mol. The van der Waals surface area contributed by atoms with Crippen LogP contribution in [-0.4, -0.2) is 9.55 Å². The average Bonchev–Trinajstić information content (AvgIpc) is 2.85. The molecule has 5 heteroatoms. The van der Waals surface area contributed by atoms with E-state index in [2.05, 4.69) is 4.98 Å². The molecule has 0 saturated carbocycles. The Bertz CT molecular complexity index is 811. The topological polar surface area (TPSA) is 17.8 Å². The average molecular weight is 307 g/mol. The molecule has 0 fully saturated rings. The van der Waals surface area contributed by atoms with Gasteiger partial charge in [0.1, 0.15) is 17.2 Å². The van der Waals surface area contributed by atoms with E-state index in [9.17, 15) is 8.78 Å². The molecule has 0 spiro atoms. The molecule has 1 aromatic heterocycles. The Morgan fingerprint density at radius 3 is 2.67 bits per heavy atom. The molecule has 0 unspecified atom stereocenters. The highest BCUT2D eigenvalue weighted by Gasteiger charge is 2.17. The zero-order valence-electron chi connectivity index (χ0n) is 11.4. The fourth-order valence-electron chi connectivity index (χ4n) is 2.54. The molecular formula is C16H13ClF2N2. The molecule has 2 aromatic carbocycles. The van der Waals surface area contributed by atoms with Crippen molar-refractivity contribution in [2.45, 2.75) is 19.2 Å². The van der Waals surface area contributed by atoms with Crippen molar-refractivity contribution in [1.29, 1.82) is 0 Å². The van der Waals surface area contributed by atoms with Crippen LogP contribution in [0.1, 0.15) is 18.3 Å². The van der Waals surface area contributed by atoms with E-state index < -0.39 is 11.6 Å². The van der Waals surface area contributed by atoms with Gasteiger partial charge in [0.25, 0.3) is 0 Å². The molecule has 0 aliphatic rings. The lowest BCUT2D eigenvalue weighted by Crippen LogP contribution is -2.03. The Morgan fingerprint density at radius 1 is 1.19 bits per heavy atom. The lowest BCUT2D eigenvalue weighted by molar-refractivity contribution is 0.590. The molecule has 108 valence electrons. The summed E-state index contributed by atoms with van der Waals surface area (Å²) >= 11 is 5.94. The van der Waals surface area contributed by atoms with Gasteiger partial charge in [-0.2, -0.15) is 0 Å². The molecule has 21 heavy (non-hydrogen) atoms. The Morgan fingerprint density at radius 2 is 1.95 bits per heavy atom. The number of hydrogen-bond donors (Lipinski definition) is 0. The number of aromatic nitrogens is 2. The van der Waals surface area contributed by atoms with Crippen LogP contribution in [-0.2, 0) is 12.3 Å². The van der Waals surface area contributed by atoms with Gasteiger partial charge in [-0.3, -0.25) is 4.57 Å². The molecule has 0 amide bonds. The number of benzene rings is 2. The largest absolute Gasteiger partial charge is 0.295 e. The number of nitrogens with zero attached hydrogens (tertiary/aromatic N) is 2. The van der Waals surface area contributed by atoms with E-state index in [0.29, 0.717) is 11.3 Å². The van der Waals surface area contributed by atoms with Crippen LogP contribution in [0.3, 0.4) is 0 Å². The summed E-state index contributed by atoms with van der Waals surface area (Å²) in [4.78, 5) is 4.21. The van der Waals surface area contributed by atoms with Crippen molar-refractivity contribution < 1.29 is 8.78 Å². The minimum atomic E-state index is -0.677. The highest BCUT2D eigenvalue weighted by molar-refractivity contribution is 6.17. The predicted molar refractivity (Wildman–Crippen MR) is 79.9 cm³/mol. The summed E-state index contributed by atoms with van der Waals surface area (Å²) in [5.41, 5.74) is 2.44. The molecule has 0 aliphatic carbocycles. The van der Waals surface area contributed by atoms with Gasteiger partial charge in [-0.05, 0) is 18.1 Å². The summed E-state index contributed by atoms with van der Waals surface area (Å²) in [7, 11) is 0. The molecule has 0 N–H and O–H groups in total. The lowest BCUT2D eigenvalue weighted by Gasteiger charge is -2.12. The van der Waals surface area contributed by atoms with E-state index in [0.717, 1.165) is 23.7 Å². The van der Waals surface area contributed by atoms with Gasteiger partial charge in [-0.25, -0.2) is 13.8 Å². The van der Waals surface area contributed by atoms with Gasteiger partial charge in [0.15, 0.2) is 5.82 Å². The molecule has 0 radical (unpaired) electrons. The number of imidazole rings is 1. The van der Waals surface area contributed by atoms with Gasteiger partial charge in [0.2, 0.25) is 0 Å². The second kappa shape index (κ2) is 5.45. The van der Waals surface area contributed by atoms with Crippen LogP contribution in [0.15, 0.2) is 36.4 Å². The van der Waals surface area contributed by atoms with Gasteiger partial charge < -0.3 is 0 Å². The molecular weight excluding hydrogens is 294 g/mol. The van der Waals surface area contributed by atoms with Gasteiger partial charge in [-0.1, -0.05) is 25.1 Å². The first-order valence-corrected chi connectivity index (χ1v) is 7.19. The lowest BCUT2D eigenvalue weighted by atomic mass is 10.1. The number of aryl methyl sites for hydroxylation is 1. The number of para-hydroxylation sites is 1. The first-order chi connectivity index (χ1) is 10.2. The van der Waals surface area contributed by atoms with Crippen LogP contribution < -0.4 is 0 Å². The van der Waals surface area contributed by atoms with E-state index in [1.54, 1.807) is 4.57 Å². The molecule has 3 aromatic rings. The quantitative estimate of drug-likeness (QED) is 0.646. The standard InChI is InChI=1S/C16H13ClF2N2/c1-2-10-5-3-4-6-13(10)21-14-8-11(18)7-12(19)16(14)20-15(21)9-17/h3-8H,2,9H2,1H3. The third-order valence-electron chi connectivity index (χ3n) is 3.48.